The number of hydrogen-bond acceptors (Lipinski definition) is 4. The van der Waals surface area contributed by atoms with Crippen LogP contribution in [-0.2, 0) is 22.1 Å². The molecule has 1 amide bonds. The van der Waals surface area contributed by atoms with Crippen LogP contribution in [0.3, 0.4) is 0 Å². The Kier molecular flexibility index (Phi) is 7.47. The zero-order valence-corrected chi connectivity index (χ0v) is 18.7. The monoisotopic (exact) mass is 469 g/mol. The van der Waals surface area contributed by atoms with Gasteiger partial charge in [0.25, 0.3) is 5.91 Å². The molecule has 1 spiro atoms. The standard InChI is InChI=1S/C23H26F3N3O2.ClH/c1-17-21(30)29(20-5-3-2-4-6-20)16-22(31-17)8-11-28(12-9-22)10-7-18-13-19(15-27-14-18)23(24,25)26;/h2-6,13-15,17H,7-12,16H2,1H3;1H. The van der Waals surface area contributed by atoms with E-state index >= 15 is 0 Å². The first-order valence-electron chi connectivity index (χ1n) is 10.5. The molecule has 2 aromatic rings. The van der Waals surface area contributed by atoms with Gasteiger partial charge in [0.05, 0.1) is 17.7 Å². The molecule has 2 saturated heterocycles. The number of pyridine rings is 1. The number of morpholine rings is 1. The van der Waals surface area contributed by atoms with E-state index in [1.807, 2.05) is 35.2 Å². The summed E-state index contributed by atoms with van der Waals surface area (Å²) in [5.74, 6) is -0.0312. The molecule has 3 heterocycles. The summed E-state index contributed by atoms with van der Waals surface area (Å²) in [4.78, 5) is 20.5. The van der Waals surface area contributed by atoms with Gasteiger partial charge in [0.15, 0.2) is 0 Å². The van der Waals surface area contributed by atoms with Crippen LogP contribution in [0.25, 0.3) is 0 Å². The van der Waals surface area contributed by atoms with Gasteiger partial charge >= 0.3 is 6.18 Å². The van der Waals surface area contributed by atoms with E-state index in [-0.39, 0.29) is 18.3 Å². The van der Waals surface area contributed by atoms with Crippen LogP contribution in [0.2, 0.25) is 0 Å². The van der Waals surface area contributed by atoms with Gasteiger partial charge in [0.2, 0.25) is 0 Å². The Bertz CT molecular complexity index is 918. The molecular weight excluding hydrogens is 443 g/mol. The number of alkyl halides is 3. The van der Waals surface area contributed by atoms with E-state index < -0.39 is 23.4 Å². The molecule has 0 bridgehead atoms. The van der Waals surface area contributed by atoms with Crippen molar-refractivity contribution in [2.75, 3.05) is 31.1 Å². The zero-order chi connectivity index (χ0) is 22.1. The van der Waals surface area contributed by atoms with E-state index in [2.05, 4.69) is 9.88 Å². The van der Waals surface area contributed by atoms with Crippen molar-refractivity contribution in [1.82, 2.24) is 9.88 Å². The predicted octanol–water partition coefficient (Wildman–Crippen LogP) is 4.35. The smallest absolute Gasteiger partial charge is 0.360 e. The van der Waals surface area contributed by atoms with Crippen molar-refractivity contribution in [3.8, 4) is 0 Å². The first-order valence-corrected chi connectivity index (χ1v) is 10.5. The van der Waals surface area contributed by atoms with Crippen LogP contribution >= 0.6 is 12.4 Å². The Hall–Kier alpha value is -2.16. The van der Waals surface area contributed by atoms with Crippen LogP contribution in [0.1, 0.15) is 30.9 Å². The fraction of sp³-hybridized carbons (Fsp3) is 0.478. The predicted molar refractivity (Wildman–Crippen MR) is 118 cm³/mol. The number of ether oxygens (including phenoxy) is 1. The molecule has 5 nitrogen and oxygen atoms in total. The van der Waals surface area contributed by atoms with Gasteiger partial charge in [-0.1, -0.05) is 18.2 Å². The second-order valence-electron chi connectivity index (χ2n) is 8.37. The molecule has 2 aliphatic heterocycles. The molecule has 1 atom stereocenters. The number of anilines is 1. The fourth-order valence-electron chi connectivity index (χ4n) is 4.40. The van der Waals surface area contributed by atoms with Gasteiger partial charge in [-0.05, 0) is 49.9 Å². The van der Waals surface area contributed by atoms with Gasteiger partial charge in [-0.25, -0.2) is 0 Å². The summed E-state index contributed by atoms with van der Waals surface area (Å²) < 4.78 is 44.8. The molecular formula is C23H27ClF3N3O2. The minimum absolute atomic E-state index is 0. The topological polar surface area (TPSA) is 45.7 Å². The highest BCUT2D eigenvalue weighted by Gasteiger charge is 2.45. The number of nitrogens with zero attached hydrogens (tertiary/aromatic N) is 3. The summed E-state index contributed by atoms with van der Waals surface area (Å²) in [5.41, 5.74) is 0.357. The number of amides is 1. The lowest BCUT2D eigenvalue weighted by Crippen LogP contribution is -2.61. The molecule has 32 heavy (non-hydrogen) atoms. The van der Waals surface area contributed by atoms with Gasteiger partial charge in [-0.2, -0.15) is 13.2 Å². The van der Waals surface area contributed by atoms with Crippen molar-refractivity contribution in [1.29, 1.82) is 0 Å². The highest BCUT2D eigenvalue weighted by Crippen LogP contribution is 2.35. The molecule has 1 unspecified atom stereocenters. The number of rotatable bonds is 4. The number of halogens is 4. The van der Waals surface area contributed by atoms with E-state index in [0.717, 1.165) is 37.8 Å². The minimum atomic E-state index is -4.38. The lowest BCUT2D eigenvalue weighted by molar-refractivity contribution is -0.161. The quantitative estimate of drug-likeness (QED) is 0.668. The zero-order valence-electron chi connectivity index (χ0n) is 17.8. The summed E-state index contributed by atoms with van der Waals surface area (Å²) in [6.07, 6.45) is -0.473. The molecule has 174 valence electrons. The average Bonchev–Trinajstić information content (AvgIpc) is 2.76. The Morgan fingerprint density at radius 1 is 1.16 bits per heavy atom. The van der Waals surface area contributed by atoms with E-state index in [1.54, 1.807) is 6.92 Å². The Labute approximate surface area is 192 Å². The van der Waals surface area contributed by atoms with E-state index in [4.69, 9.17) is 4.74 Å². The molecule has 0 aliphatic carbocycles. The molecule has 1 aromatic heterocycles. The van der Waals surface area contributed by atoms with Crippen molar-refractivity contribution >= 4 is 24.0 Å². The Morgan fingerprint density at radius 2 is 1.84 bits per heavy atom. The third-order valence-electron chi connectivity index (χ3n) is 6.16. The summed E-state index contributed by atoms with van der Waals surface area (Å²) in [5, 5.41) is 0. The average molecular weight is 470 g/mol. The first kappa shape index (κ1) is 24.5. The fourth-order valence-corrected chi connectivity index (χ4v) is 4.40. The number of piperidine rings is 1. The third kappa shape index (κ3) is 5.42. The number of aromatic nitrogens is 1. The molecule has 1 aromatic carbocycles. The number of carbonyl (C=O) groups is 1. The molecule has 0 saturated carbocycles. The lowest BCUT2D eigenvalue weighted by atomic mass is 9.88. The maximum absolute atomic E-state index is 12.9. The number of hydrogen-bond donors (Lipinski definition) is 0. The van der Waals surface area contributed by atoms with Crippen LogP contribution in [0, 0.1) is 0 Å². The maximum Gasteiger partial charge on any atom is 0.417 e. The lowest BCUT2D eigenvalue weighted by Gasteiger charge is -2.49. The van der Waals surface area contributed by atoms with Gasteiger partial charge in [-0.15, -0.1) is 12.4 Å². The van der Waals surface area contributed by atoms with Gasteiger partial charge < -0.3 is 14.5 Å². The van der Waals surface area contributed by atoms with E-state index in [1.165, 1.54) is 12.3 Å². The largest absolute Gasteiger partial charge is 0.417 e. The van der Waals surface area contributed by atoms with E-state index in [9.17, 15) is 18.0 Å². The van der Waals surface area contributed by atoms with Crippen LogP contribution in [-0.4, -0.2) is 53.7 Å². The van der Waals surface area contributed by atoms with Crippen molar-refractivity contribution in [2.45, 2.75) is 44.1 Å². The Balaban J connectivity index is 0.00000289. The van der Waals surface area contributed by atoms with E-state index in [0.29, 0.717) is 25.1 Å². The second-order valence-corrected chi connectivity index (χ2v) is 8.37. The number of benzene rings is 1. The molecule has 2 fully saturated rings. The molecule has 9 heteroatoms. The van der Waals surface area contributed by atoms with Gasteiger partial charge in [0.1, 0.15) is 6.10 Å². The number of para-hydroxylation sites is 1. The van der Waals surface area contributed by atoms with Crippen molar-refractivity contribution in [2.24, 2.45) is 0 Å². The summed E-state index contributed by atoms with van der Waals surface area (Å²) in [7, 11) is 0. The number of carbonyl (C=O) groups excluding carboxylic acids is 1. The second kappa shape index (κ2) is 9.77. The van der Waals surface area contributed by atoms with Crippen molar-refractivity contribution < 1.29 is 22.7 Å². The number of likely N-dealkylation sites (tertiary alicyclic amines) is 1. The van der Waals surface area contributed by atoms with Crippen LogP contribution in [0.4, 0.5) is 18.9 Å². The SMILES string of the molecule is CC1OC2(CCN(CCc3cncc(C(F)(F)F)c3)CC2)CN(c2ccccc2)C1=O.Cl. The highest BCUT2D eigenvalue weighted by molar-refractivity contribution is 5.97. The maximum atomic E-state index is 12.9. The Morgan fingerprint density at radius 3 is 2.50 bits per heavy atom. The third-order valence-corrected chi connectivity index (χ3v) is 6.16. The van der Waals surface area contributed by atoms with Crippen LogP contribution in [0.15, 0.2) is 48.8 Å². The van der Waals surface area contributed by atoms with Crippen molar-refractivity contribution in [3.05, 3.63) is 59.9 Å². The molecule has 0 N–H and O–H groups in total. The minimum Gasteiger partial charge on any atom is -0.360 e. The van der Waals surface area contributed by atoms with Crippen LogP contribution < -0.4 is 4.90 Å². The molecule has 0 radical (unpaired) electrons. The summed E-state index contributed by atoms with van der Waals surface area (Å²) in [6.45, 7) is 4.53. The molecule has 4 rings (SSSR count). The van der Waals surface area contributed by atoms with Crippen LogP contribution in [0.5, 0.6) is 0 Å². The normalized spacial score (nSPS) is 21.4. The van der Waals surface area contributed by atoms with Gasteiger partial charge in [-0.3, -0.25) is 9.78 Å². The molecule has 2 aliphatic rings. The van der Waals surface area contributed by atoms with Gasteiger partial charge in [0, 0.05) is 37.7 Å². The highest BCUT2D eigenvalue weighted by atomic mass is 35.5. The first-order chi connectivity index (χ1) is 14.8. The summed E-state index contributed by atoms with van der Waals surface area (Å²) >= 11 is 0. The van der Waals surface area contributed by atoms with Crippen molar-refractivity contribution in [3.63, 3.8) is 0 Å². The summed E-state index contributed by atoms with van der Waals surface area (Å²) in [6, 6.07) is 10.8.